The van der Waals surface area contributed by atoms with Crippen molar-refractivity contribution in [3.63, 3.8) is 0 Å². The summed E-state index contributed by atoms with van der Waals surface area (Å²) in [6.07, 6.45) is 1.46. The van der Waals surface area contributed by atoms with E-state index in [1.165, 1.54) is 6.20 Å². The number of aryl methyl sites for hydroxylation is 2. The van der Waals surface area contributed by atoms with Gasteiger partial charge in [0.05, 0.1) is 18.4 Å². The Morgan fingerprint density at radius 2 is 2.00 bits per heavy atom. The molecule has 3 heterocycles. The second kappa shape index (κ2) is 6.79. The van der Waals surface area contributed by atoms with Crippen LogP contribution in [0.3, 0.4) is 0 Å². The zero-order chi connectivity index (χ0) is 19.0. The van der Waals surface area contributed by atoms with Crippen LogP contribution in [0, 0.1) is 13.8 Å². The number of carbonyl (C=O) groups excluding carboxylic acids is 1. The number of aromatic nitrogens is 3. The molecule has 1 aliphatic heterocycles. The van der Waals surface area contributed by atoms with Gasteiger partial charge in [0.1, 0.15) is 0 Å². The van der Waals surface area contributed by atoms with E-state index >= 15 is 0 Å². The normalized spacial score (nSPS) is 12.4. The average Bonchev–Trinajstić information content (AvgIpc) is 3.38. The summed E-state index contributed by atoms with van der Waals surface area (Å²) >= 11 is 0. The first-order valence-corrected chi connectivity index (χ1v) is 8.60. The molecule has 3 aromatic rings. The lowest BCUT2D eigenvalue weighted by Crippen LogP contribution is -2.30. The molecule has 0 fully saturated rings. The molecule has 0 bridgehead atoms. The molecule has 0 atom stereocenters. The van der Waals surface area contributed by atoms with Crippen molar-refractivity contribution in [1.82, 2.24) is 19.8 Å². The first-order valence-electron chi connectivity index (χ1n) is 8.60. The summed E-state index contributed by atoms with van der Waals surface area (Å²) in [7, 11) is 1.90. The average molecular weight is 368 g/mol. The topological polar surface area (TPSA) is 82.6 Å². The van der Waals surface area contributed by atoms with Crippen LogP contribution in [0.25, 0.3) is 0 Å². The van der Waals surface area contributed by atoms with E-state index in [-0.39, 0.29) is 18.5 Å². The van der Waals surface area contributed by atoms with E-state index in [1.807, 2.05) is 43.8 Å². The third kappa shape index (κ3) is 3.25. The van der Waals surface area contributed by atoms with Crippen LogP contribution in [0.2, 0.25) is 0 Å². The molecule has 1 amide bonds. The molecule has 0 spiro atoms. The molecule has 0 aliphatic carbocycles. The lowest BCUT2D eigenvalue weighted by Gasteiger charge is -2.22. The van der Waals surface area contributed by atoms with Crippen molar-refractivity contribution in [1.29, 1.82) is 0 Å². The number of nitrogens with zero attached hydrogens (tertiary/aromatic N) is 4. The summed E-state index contributed by atoms with van der Waals surface area (Å²) in [5.41, 5.74) is 3.88. The maximum Gasteiger partial charge on any atom is 0.293 e. The Morgan fingerprint density at radius 3 is 2.70 bits per heavy atom. The van der Waals surface area contributed by atoms with Crippen molar-refractivity contribution >= 4 is 5.91 Å². The molecule has 4 rings (SSSR count). The fourth-order valence-electron chi connectivity index (χ4n) is 3.18. The first kappa shape index (κ1) is 17.1. The Hall–Kier alpha value is -3.29. The lowest BCUT2D eigenvalue weighted by atomic mass is 10.1. The molecule has 0 saturated carbocycles. The van der Waals surface area contributed by atoms with Gasteiger partial charge < -0.3 is 18.9 Å². The van der Waals surface area contributed by atoms with Gasteiger partial charge in [-0.15, -0.1) is 0 Å². The van der Waals surface area contributed by atoms with E-state index in [0.29, 0.717) is 24.6 Å². The fourth-order valence-corrected chi connectivity index (χ4v) is 3.18. The molecule has 0 N–H and O–H groups in total. The van der Waals surface area contributed by atoms with Crippen LogP contribution in [-0.4, -0.2) is 32.5 Å². The van der Waals surface area contributed by atoms with Crippen molar-refractivity contribution < 1.29 is 18.8 Å². The summed E-state index contributed by atoms with van der Waals surface area (Å²) in [4.78, 5) is 14.7. The number of amides is 1. The third-order valence-electron chi connectivity index (χ3n) is 4.75. The van der Waals surface area contributed by atoms with Gasteiger partial charge in [-0.3, -0.25) is 9.48 Å². The van der Waals surface area contributed by atoms with Crippen LogP contribution in [-0.2, 0) is 20.1 Å². The SMILES string of the molecule is Cc1nn(C)c(C)c1CN(Cc1ccc2c(c1)OCO2)C(=O)c1ccno1. The van der Waals surface area contributed by atoms with Crippen molar-refractivity contribution in [2.24, 2.45) is 7.05 Å². The van der Waals surface area contributed by atoms with Crippen LogP contribution in [0.1, 0.15) is 33.1 Å². The van der Waals surface area contributed by atoms with E-state index in [1.54, 1.807) is 11.0 Å². The molecule has 2 aromatic heterocycles. The molecule has 8 nitrogen and oxygen atoms in total. The summed E-state index contributed by atoms with van der Waals surface area (Å²) in [5.74, 6) is 1.38. The van der Waals surface area contributed by atoms with E-state index in [4.69, 9.17) is 14.0 Å². The first-order chi connectivity index (χ1) is 13.0. The second-order valence-electron chi connectivity index (χ2n) is 6.50. The minimum absolute atomic E-state index is 0.204. The smallest absolute Gasteiger partial charge is 0.293 e. The molecule has 8 heteroatoms. The second-order valence-corrected chi connectivity index (χ2v) is 6.50. The number of benzene rings is 1. The summed E-state index contributed by atoms with van der Waals surface area (Å²) in [5, 5.41) is 8.10. The highest BCUT2D eigenvalue weighted by molar-refractivity contribution is 5.91. The number of carbonyl (C=O) groups is 1. The van der Waals surface area contributed by atoms with E-state index < -0.39 is 0 Å². The zero-order valence-corrected chi connectivity index (χ0v) is 15.4. The Morgan fingerprint density at radius 1 is 1.19 bits per heavy atom. The Labute approximate surface area is 156 Å². The monoisotopic (exact) mass is 368 g/mol. The third-order valence-corrected chi connectivity index (χ3v) is 4.75. The Kier molecular flexibility index (Phi) is 4.31. The van der Waals surface area contributed by atoms with Crippen LogP contribution < -0.4 is 9.47 Å². The van der Waals surface area contributed by atoms with E-state index in [2.05, 4.69) is 10.3 Å². The molecule has 27 heavy (non-hydrogen) atoms. The molecule has 140 valence electrons. The number of ether oxygens (including phenoxy) is 2. The maximum atomic E-state index is 13.0. The van der Waals surface area contributed by atoms with Crippen molar-refractivity contribution in [3.05, 3.63) is 58.7 Å². The number of rotatable bonds is 5. The molecule has 0 unspecified atom stereocenters. The summed E-state index contributed by atoms with van der Waals surface area (Å²) in [6, 6.07) is 7.25. The molecule has 1 aromatic carbocycles. The molecule has 0 saturated heterocycles. The van der Waals surface area contributed by atoms with Gasteiger partial charge in [0.15, 0.2) is 11.5 Å². The van der Waals surface area contributed by atoms with Crippen molar-refractivity contribution in [2.45, 2.75) is 26.9 Å². The largest absolute Gasteiger partial charge is 0.454 e. The van der Waals surface area contributed by atoms with Gasteiger partial charge in [0.2, 0.25) is 12.6 Å². The van der Waals surface area contributed by atoms with Crippen molar-refractivity contribution in [2.75, 3.05) is 6.79 Å². The van der Waals surface area contributed by atoms with Gasteiger partial charge >= 0.3 is 0 Å². The molecule has 0 radical (unpaired) electrons. The quantitative estimate of drug-likeness (QED) is 0.688. The molecular formula is C19H20N4O4. The predicted octanol–water partition coefficient (Wildman–Crippen LogP) is 2.60. The van der Waals surface area contributed by atoms with Gasteiger partial charge in [0.25, 0.3) is 5.91 Å². The van der Waals surface area contributed by atoms with Crippen molar-refractivity contribution in [3.8, 4) is 11.5 Å². The number of hydrogen-bond donors (Lipinski definition) is 0. The Bertz CT molecular complexity index is 978. The van der Waals surface area contributed by atoms with Crippen LogP contribution in [0.15, 0.2) is 35.0 Å². The van der Waals surface area contributed by atoms with Gasteiger partial charge in [0, 0.05) is 30.9 Å². The van der Waals surface area contributed by atoms with Crippen LogP contribution in [0.4, 0.5) is 0 Å². The highest BCUT2D eigenvalue weighted by Crippen LogP contribution is 2.33. The lowest BCUT2D eigenvalue weighted by molar-refractivity contribution is 0.0687. The minimum atomic E-state index is -0.229. The summed E-state index contributed by atoms with van der Waals surface area (Å²) < 4.78 is 17.7. The fraction of sp³-hybridized carbons (Fsp3) is 0.316. The molecular weight excluding hydrogens is 348 g/mol. The summed E-state index contributed by atoms with van der Waals surface area (Å²) in [6.45, 7) is 4.96. The van der Waals surface area contributed by atoms with E-state index in [0.717, 1.165) is 22.5 Å². The maximum absolute atomic E-state index is 13.0. The van der Waals surface area contributed by atoms with Crippen LogP contribution >= 0.6 is 0 Å². The predicted molar refractivity (Wildman–Crippen MR) is 95.3 cm³/mol. The van der Waals surface area contributed by atoms with Crippen LogP contribution in [0.5, 0.6) is 11.5 Å². The van der Waals surface area contributed by atoms with Gasteiger partial charge in [-0.2, -0.15) is 5.10 Å². The van der Waals surface area contributed by atoms with Gasteiger partial charge in [-0.05, 0) is 31.5 Å². The number of fused-ring (bicyclic) bond motifs is 1. The highest BCUT2D eigenvalue weighted by Gasteiger charge is 2.23. The zero-order valence-electron chi connectivity index (χ0n) is 15.4. The molecule has 1 aliphatic rings. The van der Waals surface area contributed by atoms with Gasteiger partial charge in [-0.25, -0.2) is 0 Å². The highest BCUT2D eigenvalue weighted by atomic mass is 16.7. The van der Waals surface area contributed by atoms with Gasteiger partial charge in [-0.1, -0.05) is 11.2 Å². The minimum Gasteiger partial charge on any atom is -0.454 e. The number of hydrogen-bond acceptors (Lipinski definition) is 6. The van der Waals surface area contributed by atoms with E-state index in [9.17, 15) is 4.79 Å². The Balaban J connectivity index is 1.64. The standard InChI is InChI=1S/C19H20N4O4/c1-12-15(13(2)22(3)21-12)10-23(19(24)17-6-7-20-27-17)9-14-4-5-16-18(8-14)26-11-25-16/h4-8H,9-11H2,1-3H3.